The van der Waals surface area contributed by atoms with Crippen LogP contribution < -0.4 is 0 Å². The molecule has 1 spiro atoms. The van der Waals surface area contributed by atoms with E-state index in [1.807, 2.05) is 0 Å². The number of hydrogen-bond donors (Lipinski definition) is 0. The van der Waals surface area contributed by atoms with Crippen LogP contribution in [0.3, 0.4) is 0 Å². The molecule has 0 radical (unpaired) electrons. The SMILES string of the molecule is CC=CC1(C)C(C)CC2CC3CC231. The fraction of sp³-hybridized carbons (Fsp3) is 0.846. The van der Waals surface area contributed by atoms with E-state index in [-0.39, 0.29) is 0 Å². The summed E-state index contributed by atoms with van der Waals surface area (Å²) in [7, 11) is 0. The fourth-order valence-corrected chi connectivity index (χ4v) is 4.74. The highest BCUT2D eigenvalue weighted by molar-refractivity contribution is 5.30. The van der Waals surface area contributed by atoms with Crippen LogP contribution in [0.2, 0.25) is 0 Å². The van der Waals surface area contributed by atoms with Crippen molar-refractivity contribution in [3.05, 3.63) is 12.2 Å². The van der Waals surface area contributed by atoms with Gasteiger partial charge >= 0.3 is 0 Å². The molecule has 0 saturated heterocycles. The van der Waals surface area contributed by atoms with Crippen molar-refractivity contribution in [1.82, 2.24) is 0 Å². The van der Waals surface area contributed by atoms with E-state index in [2.05, 4.69) is 32.9 Å². The Morgan fingerprint density at radius 1 is 1.23 bits per heavy atom. The van der Waals surface area contributed by atoms with Crippen LogP contribution in [-0.4, -0.2) is 0 Å². The second kappa shape index (κ2) is 2.04. The van der Waals surface area contributed by atoms with Crippen molar-refractivity contribution < 1.29 is 0 Å². The van der Waals surface area contributed by atoms with Gasteiger partial charge in [-0.1, -0.05) is 26.0 Å². The van der Waals surface area contributed by atoms with Crippen LogP contribution in [0.5, 0.6) is 0 Å². The monoisotopic (exact) mass is 176 g/mol. The van der Waals surface area contributed by atoms with Crippen molar-refractivity contribution >= 4 is 0 Å². The summed E-state index contributed by atoms with van der Waals surface area (Å²) in [5.41, 5.74) is 1.34. The van der Waals surface area contributed by atoms with Gasteiger partial charge in [-0.15, -0.1) is 0 Å². The molecule has 0 nitrogen and oxygen atoms in total. The maximum atomic E-state index is 2.51. The van der Waals surface area contributed by atoms with Gasteiger partial charge in [0.05, 0.1) is 0 Å². The molecule has 0 heterocycles. The molecule has 3 aliphatic carbocycles. The maximum Gasteiger partial charge on any atom is -0.00591 e. The third-order valence-electron chi connectivity index (χ3n) is 5.63. The summed E-state index contributed by atoms with van der Waals surface area (Å²) in [6.07, 6.45) is 9.38. The van der Waals surface area contributed by atoms with E-state index in [4.69, 9.17) is 0 Å². The molecular formula is C13H20. The molecule has 0 bridgehead atoms. The van der Waals surface area contributed by atoms with E-state index in [1.165, 1.54) is 6.42 Å². The first-order valence-corrected chi connectivity index (χ1v) is 5.79. The molecule has 0 aromatic rings. The predicted octanol–water partition coefficient (Wildman–Crippen LogP) is 3.63. The second-order valence-electron chi connectivity index (χ2n) is 5.79. The Balaban J connectivity index is 2.01. The van der Waals surface area contributed by atoms with E-state index in [1.54, 1.807) is 12.8 Å². The average molecular weight is 176 g/mol. The maximum absolute atomic E-state index is 2.51. The van der Waals surface area contributed by atoms with Crippen LogP contribution in [0.15, 0.2) is 12.2 Å². The van der Waals surface area contributed by atoms with Crippen molar-refractivity contribution in [2.45, 2.75) is 40.0 Å². The number of allylic oxidation sites excluding steroid dienone is 2. The normalized spacial score (nSPS) is 63.2. The van der Waals surface area contributed by atoms with Gasteiger partial charge in [-0.05, 0) is 54.8 Å². The molecule has 0 amide bonds. The molecule has 3 fully saturated rings. The van der Waals surface area contributed by atoms with Gasteiger partial charge in [0, 0.05) is 0 Å². The van der Waals surface area contributed by atoms with Gasteiger partial charge in [-0.3, -0.25) is 0 Å². The summed E-state index contributed by atoms with van der Waals surface area (Å²) in [4.78, 5) is 0. The third kappa shape index (κ3) is 0.639. The quantitative estimate of drug-likeness (QED) is 0.535. The fourth-order valence-electron chi connectivity index (χ4n) is 4.74. The Morgan fingerprint density at radius 3 is 2.54 bits per heavy atom. The number of rotatable bonds is 1. The summed E-state index contributed by atoms with van der Waals surface area (Å²) in [6.45, 7) is 7.15. The van der Waals surface area contributed by atoms with Gasteiger partial charge in [0.15, 0.2) is 0 Å². The van der Waals surface area contributed by atoms with Crippen LogP contribution in [-0.2, 0) is 0 Å². The van der Waals surface area contributed by atoms with E-state index in [0.29, 0.717) is 5.41 Å². The van der Waals surface area contributed by atoms with Crippen LogP contribution in [0.4, 0.5) is 0 Å². The Kier molecular flexibility index (Phi) is 1.27. The van der Waals surface area contributed by atoms with E-state index in [9.17, 15) is 0 Å². The largest absolute Gasteiger partial charge is 0.0911 e. The first kappa shape index (κ1) is 8.08. The lowest BCUT2D eigenvalue weighted by Gasteiger charge is -2.41. The molecule has 0 N–H and O–H groups in total. The first-order chi connectivity index (χ1) is 6.15. The summed E-state index contributed by atoms with van der Waals surface area (Å²) >= 11 is 0. The smallest absolute Gasteiger partial charge is 0.00591 e. The molecule has 3 saturated carbocycles. The zero-order chi connectivity index (χ0) is 9.27. The van der Waals surface area contributed by atoms with Gasteiger partial charge in [0.2, 0.25) is 0 Å². The highest BCUT2D eigenvalue weighted by Gasteiger charge is 2.78. The minimum Gasteiger partial charge on any atom is -0.0911 e. The van der Waals surface area contributed by atoms with Crippen molar-refractivity contribution in [2.75, 3.05) is 0 Å². The van der Waals surface area contributed by atoms with Crippen LogP contribution in [0, 0.1) is 28.6 Å². The molecule has 0 aromatic heterocycles. The predicted molar refractivity (Wildman–Crippen MR) is 55.3 cm³/mol. The van der Waals surface area contributed by atoms with Crippen LogP contribution in [0.25, 0.3) is 0 Å². The van der Waals surface area contributed by atoms with Crippen molar-refractivity contribution in [1.29, 1.82) is 0 Å². The summed E-state index contributed by atoms with van der Waals surface area (Å²) in [6, 6.07) is 0. The van der Waals surface area contributed by atoms with Gasteiger partial charge in [0.1, 0.15) is 0 Å². The molecule has 0 aliphatic heterocycles. The molecular weight excluding hydrogens is 156 g/mol. The number of hydrogen-bond acceptors (Lipinski definition) is 0. The molecule has 3 rings (SSSR count). The minimum absolute atomic E-state index is 0.551. The van der Waals surface area contributed by atoms with Crippen molar-refractivity contribution in [2.24, 2.45) is 28.6 Å². The summed E-state index contributed by atoms with van der Waals surface area (Å²) < 4.78 is 0. The minimum atomic E-state index is 0.551. The standard InChI is InChI=1S/C13H20/c1-4-5-12(3)9(2)6-10-7-11-8-13(10,11)12/h4-5,9-11H,6-8H2,1-3H3. The van der Waals surface area contributed by atoms with Gasteiger partial charge < -0.3 is 0 Å². The van der Waals surface area contributed by atoms with Crippen molar-refractivity contribution in [3.8, 4) is 0 Å². The van der Waals surface area contributed by atoms with Gasteiger partial charge in [0.25, 0.3) is 0 Å². The lowest BCUT2D eigenvalue weighted by atomic mass is 9.63. The molecule has 0 aromatic carbocycles. The van der Waals surface area contributed by atoms with E-state index >= 15 is 0 Å². The summed E-state index contributed by atoms with van der Waals surface area (Å²) in [5.74, 6) is 3.12. The van der Waals surface area contributed by atoms with Gasteiger partial charge in [-0.2, -0.15) is 0 Å². The topological polar surface area (TPSA) is 0 Å². The highest BCUT2D eigenvalue weighted by atomic mass is 14.8. The zero-order valence-corrected chi connectivity index (χ0v) is 9.01. The highest BCUT2D eigenvalue weighted by Crippen LogP contribution is 2.85. The molecule has 0 heteroatoms. The van der Waals surface area contributed by atoms with E-state index < -0.39 is 0 Å². The third-order valence-corrected chi connectivity index (χ3v) is 5.63. The Labute approximate surface area is 81.4 Å². The lowest BCUT2D eigenvalue weighted by Crippen LogP contribution is -2.35. The summed E-state index contributed by atoms with van der Waals surface area (Å²) in [5, 5.41) is 0. The average Bonchev–Trinajstić information content (AvgIpc) is 2.63. The Morgan fingerprint density at radius 2 is 2.00 bits per heavy atom. The molecule has 5 atom stereocenters. The van der Waals surface area contributed by atoms with Crippen LogP contribution >= 0.6 is 0 Å². The molecule has 13 heavy (non-hydrogen) atoms. The zero-order valence-electron chi connectivity index (χ0n) is 9.01. The Bertz CT molecular complexity index is 278. The molecule has 3 aliphatic rings. The second-order valence-corrected chi connectivity index (χ2v) is 5.79. The lowest BCUT2D eigenvalue weighted by molar-refractivity contribution is 0.0999. The van der Waals surface area contributed by atoms with Crippen LogP contribution in [0.1, 0.15) is 40.0 Å². The van der Waals surface area contributed by atoms with E-state index in [0.717, 1.165) is 23.2 Å². The molecule has 72 valence electrons. The molecule has 5 unspecified atom stereocenters. The van der Waals surface area contributed by atoms with Crippen molar-refractivity contribution in [3.63, 3.8) is 0 Å². The Hall–Kier alpha value is -0.260. The first-order valence-electron chi connectivity index (χ1n) is 5.79. The van der Waals surface area contributed by atoms with Gasteiger partial charge in [-0.25, -0.2) is 0 Å².